The van der Waals surface area contributed by atoms with Crippen molar-refractivity contribution in [3.63, 3.8) is 0 Å². The number of rotatable bonds is 11. The van der Waals surface area contributed by atoms with E-state index in [1.165, 1.54) is 7.11 Å². The van der Waals surface area contributed by atoms with Gasteiger partial charge in [-0.1, -0.05) is 62.4 Å². The first kappa shape index (κ1) is 42.4. The van der Waals surface area contributed by atoms with E-state index in [9.17, 15) is 24.3 Å². The van der Waals surface area contributed by atoms with Gasteiger partial charge in [-0.15, -0.1) is 0 Å². The lowest BCUT2D eigenvalue weighted by molar-refractivity contribution is -0.137. The minimum Gasteiger partial charge on any atom is -0.488 e. The quantitative estimate of drug-likeness (QED) is 0.0861. The van der Waals surface area contributed by atoms with Gasteiger partial charge in [0.25, 0.3) is 5.91 Å². The van der Waals surface area contributed by atoms with E-state index in [1.54, 1.807) is 35.2 Å². The zero-order valence-corrected chi connectivity index (χ0v) is 36.4. The number of nitrogens with zero attached hydrogens (tertiary/aromatic N) is 4. The lowest BCUT2D eigenvalue weighted by Gasteiger charge is -2.32. The van der Waals surface area contributed by atoms with E-state index in [-0.39, 0.29) is 41.8 Å². The van der Waals surface area contributed by atoms with Gasteiger partial charge in [0.2, 0.25) is 5.91 Å². The molecule has 0 radical (unpaired) electrons. The highest BCUT2D eigenvalue weighted by molar-refractivity contribution is 6.07. The van der Waals surface area contributed by atoms with Crippen LogP contribution in [0.3, 0.4) is 0 Å². The second-order valence-corrected chi connectivity index (χ2v) is 17.4. The summed E-state index contributed by atoms with van der Waals surface area (Å²) in [5.74, 6) is 1.38. The summed E-state index contributed by atoms with van der Waals surface area (Å²) < 4.78 is 16.8. The van der Waals surface area contributed by atoms with E-state index >= 15 is 0 Å². The summed E-state index contributed by atoms with van der Waals surface area (Å²) >= 11 is 0. The molecule has 2 fully saturated rings. The normalized spacial score (nSPS) is 20.2. The Morgan fingerprint density at radius 2 is 1.73 bits per heavy atom. The molecule has 0 unspecified atom stereocenters. The van der Waals surface area contributed by atoms with Crippen LogP contribution in [0.4, 0.5) is 9.59 Å². The lowest BCUT2D eigenvalue weighted by Crippen LogP contribution is -2.52. The molecule has 6 aromatic rings. The van der Waals surface area contributed by atoms with Crippen molar-refractivity contribution < 1.29 is 38.5 Å². The molecule has 5 N–H and O–H groups in total. The summed E-state index contributed by atoms with van der Waals surface area (Å²) in [5, 5.41) is 16.5. The predicted octanol–water partition coefficient (Wildman–Crippen LogP) is 7.64. The summed E-state index contributed by atoms with van der Waals surface area (Å²) in [5.41, 5.74) is 7.00. The Balaban J connectivity index is 0.978. The summed E-state index contributed by atoms with van der Waals surface area (Å²) in [4.78, 5) is 72.6. The van der Waals surface area contributed by atoms with Crippen LogP contribution in [0.2, 0.25) is 0 Å². The Kier molecular flexibility index (Phi) is 11.5. The van der Waals surface area contributed by atoms with Crippen LogP contribution in [-0.2, 0) is 25.7 Å². The number of methoxy groups -OCH3 is 2. The number of carboxylic acid groups (broad SMARTS) is 1. The Morgan fingerprint density at radius 3 is 2.48 bits per heavy atom. The number of aromatic nitrogens is 4. The number of likely N-dealkylation sites (tertiary alicyclic amines) is 2. The van der Waals surface area contributed by atoms with Crippen LogP contribution >= 0.6 is 0 Å². The third kappa shape index (κ3) is 7.86. The van der Waals surface area contributed by atoms with Crippen LogP contribution in [0.25, 0.3) is 44.2 Å². The minimum atomic E-state index is -1.23. The standard InChI is InChI=1S/C48H52N8O8/c1-25(2)40(53-47(59)60)46(58)56-26(3)11-16-37(56)44-50-35-15-13-29-19-34-32-14-12-30(18-31(32)24-64-39(34)20-33(29)42(35)52-44)36-21-49-43(51-36)38-17-27(23-62-4)22-55(38)45(57)41(54-48(61)63-5)28-9-7-6-8-10-28/h6-10,12-15,18-21,25-27,37-38,40-41,53H,11,16-17,22-24H2,1-5H3,(H,49,51)(H,50,52)(H,54,61)(H,59,60)/t26-,27-,37-,38-,40-,41+/m0/s1. The van der Waals surface area contributed by atoms with Gasteiger partial charge in [-0.3, -0.25) is 9.59 Å². The molecule has 3 aliphatic rings. The number of ether oxygens (including phenoxy) is 3. The number of H-pyrrole nitrogens is 2. The summed E-state index contributed by atoms with van der Waals surface area (Å²) in [7, 11) is 2.92. The van der Waals surface area contributed by atoms with Gasteiger partial charge in [-0.05, 0) is 84.0 Å². The van der Waals surface area contributed by atoms with E-state index in [0.717, 1.165) is 61.9 Å². The average Bonchev–Trinajstić information content (AvgIpc) is 4.12. The number of alkyl carbamates (subject to hydrolysis) is 1. The van der Waals surface area contributed by atoms with Crippen molar-refractivity contribution in [1.82, 2.24) is 40.4 Å². The van der Waals surface area contributed by atoms with Gasteiger partial charge in [0, 0.05) is 36.6 Å². The molecule has 0 bridgehead atoms. The molecular weight excluding hydrogens is 817 g/mol. The minimum absolute atomic E-state index is 0.0646. The number of hydrogen-bond acceptors (Lipinski definition) is 9. The molecule has 0 spiro atoms. The molecule has 0 aliphatic carbocycles. The number of amides is 4. The molecule has 2 aromatic heterocycles. The van der Waals surface area contributed by atoms with Crippen molar-refractivity contribution >= 4 is 45.8 Å². The summed E-state index contributed by atoms with van der Waals surface area (Å²) in [6, 6.07) is 21.0. The highest BCUT2D eigenvalue weighted by atomic mass is 16.5. The molecule has 16 nitrogen and oxygen atoms in total. The molecule has 4 amide bonds. The molecule has 0 saturated carbocycles. The number of fused-ring (bicyclic) bond motifs is 6. The van der Waals surface area contributed by atoms with Crippen molar-refractivity contribution in [3.05, 3.63) is 102 Å². The average molecular weight is 869 g/mol. The molecule has 64 heavy (non-hydrogen) atoms. The SMILES string of the molecule is COC[C@H]1C[C@@H](c2ncc(-c3ccc4c(c3)COc3cc5c(ccc6[nH]c([C@@H]7CC[C@H](C)N7C(=O)[C@@H](NC(=O)O)C(C)C)nc65)cc3-4)[nH]2)N(C(=O)[C@H](NC(=O)OC)c2ccccc2)C1. The van der Waals surface area contributed by atoms with Gasteiger partial charge >= 0.3 is 12.2 Å². The zero-order chi connectivity index (χ0) is 44.8. The van der Waals surface area contributed by atoms with Crippen molar-refractivity contribution in [2.24, 2.45) is 11.8 Å². The number of imidazole rings is 2. The first-order valence-corrected chi connectivity index (χ1v) is 21.7. The molecule has 332 valence electrons. The lowest BCUT2D eigenvalue weighted by atomic mass is 9.92. The van der Waals surface area contributed by atoms with Gasteiger partial charge in [0.15, 0.2) is 0 Å². The molecule has 3 aliphatic heterocycles. The van der Waals surface area contributed by atoms with E-state index in [1.807, 2.05) is 51.1 Å². The van der Waals surface area contributed by atoms with Crippen molar-refractivity contribution in [3.8, 4) is 28.1 Å². The molecule has 2 saturated heterocycles. The third-order valence-electron chi connectivity index (χ3n) is 12.9. The summed E-state index contributed by atoms with van der Waals surface area (Å²) in [6.45, 7) is 6.92. The maximum absolute atomic E-state index is 14.3. The Morgan fingerprint density at radius 1 is 0.922 bits per heavy atom. The van der Waals surface area contributed by atoms with Crippen LogP contribution in [0.5, 0.6) is 5.75 Å². The van der Waals surface area contributed by atoms with Gasteiger partial charge < -0.3 is 49.7 Å². The van der Waals surface area contributed by atoms with Crippen LogP contribution in [0, 0.1) is 11.8 Å². The predicted molar refractivity (Wildman–Crippen MR) is 238 cm³/mol. The second kappa shape index (κ2) is 17.3. The summed E-state index contributed by atoms with van der Waals surface area (Å²) in [6.07, 6.45) is 1.98. The number of carbonyl (C=O) groups excluding carboxylic acids is 3. The van der Waals surface area contributed by atoms with Crippen LogP contribution in [0.15, 0.2) is 79.0 Å². The van der Waals surface area contributed by atoms with Crippen molar-refractivity contribution in [2.75, 3.05) is 27.4 Å². The van der Waals surface area contributed by atoms with Crippen molar-refractivity contribution in [1.29, 1.82) is 0 Å². The van der Waals surface area contributed by atoms with Gasteiger partial charge in [-0.2, -0.15) is 0 Å². The van der Waals surface area contributed by atoms with Gasteiger partial charge in [0.1, 0.15) is 36.1 Å². The van der Waals surface area contributed by atoms with E-state index in [2.05, 4.69) is 50.9 Å². The second-order valence-electron chi connectivity index (χ2n) is 17.4. The Labute approximate surface area is 369 Å². The molecule has 5 heterocycles. The molecule has 6 atom stereocenters. The molecule has 16 heteroatoms. The topological polar surface area (TPSA) is 204 Å². The zero-order valence-electron chi connectivity index (χ0n) is 36.4. The first-order chi connectivity index (χ1) is 30.9. The monoisotopic (exact) mass is 868 g/mol. The Hall–Kier alpha value is -6.94. The van der Waals surface area contributed by atoms with E-state index < -0.39 is 24.3 Å². The molecule has 9 rings (SSSR count). The van der Waals surface area contributed by atoms with E-state index in [0.29, 0.717) is 49.8 Å². The maximum Gasteiger partial charge on any atom is 0.407 e. The van der Waals surface area contributed by atoms with Crippen LogP contribution in [-0.4, -0.2) is 98.3 Å². The smallest absolute Gasteiger partial charge is 0.407 e. The molecular formula is C48H52N8O8. The number of carbonyl (C=O) groups is 4. The van der Waals surface area contributed by atoms with Crippen LogP contribution < -0.4 is 15.4 Å². The highest BCUT2D eigenvalue weighted by Crippen LogP contribution is 2.44. The number of benzene rings is 4. The first-order valence-electron chi connectivity index (χ1n) is 21.7. The number of aromatic amines is 2. The van der Waals surface area contributed by atoms with Gasteiger partial charge in [-0.25, -0.2) is 19.6 Å². The fourth-order valence-corrected chi connectivity index (χ4v) is 9.77. The Bertz CT molecular complexity index is 2750. The van der Waals surface area contributed by atoms with E-state index in [4.69, 9.17) is 24.2 Å². The number of hydrogen-bond donors (Lipinski definition) is 5. The fraction of sp³-hybridized carbons (Fsp3) is 0.375. The largest absolute Gasteiger partial charge is 0.488 e. The maximum atomic E-state index is 14.3. The highest BCUT2D eigenvalue weighted by Gasteiger charge is 2.43. The van der Waals surface area contributed by atoms with Crippen molar-refractivity contribution in [2.45, 2.75) is 76.8 Å². The third-order valence-corrected chi connectivity index (χ3v) is 12.9. The van der Waals surface area contributed by atoms with Gasteiger partial charge in [0.05, 0.1) is 48.7 Å². The molecule has 4 aromatic carbocycles. The number of nitrogens with one attached hydrogen (secondary N) is 4. The fourth-order valence-electron chi connectivity index (χ4n) is 9.77. The van der Waals surface area contributed by atoms with Crippen LogP contribution in [0.1, 0.15) is 80.9 Å².